The zero-order valence-electron chi connectivity index (χ0n) is 10.6. The molecule has 1 N–H and O–H groups in total. The van der Waals surface area contributed by atoms with E-state index in [1.54, 1.807) is 18.3 Å². The molecule has 0 unspecified atom stereocenters. The van der Waals surface area contributed by atoms with Gasteiger partial charge in [0.25, 0.3) is 0 Å². The fourth-order valence-corrected chi connectivity index (χ4v) is 1.63. The van der Waals surface area contributed by atoms with Crippen LogP contribution >= 0.6 is 0 Å². The molecular formula is C14H11F3N2O. The Hall–Kier alpha value is -2.37. The highest BCUT2D eigenvalue weighted by Gasteiger charge is 2.15. The van der Waals surface area contributed by atoms with Crippen molar-refractivity contribution < 1.29 is 18.0 Å². The Labute approximate surface area is 113 Å². The summed E-state index contributed by atoms with van der Waals surface area (Å²) in [6.07, 6.45) is 1.02. The first-order valence-corrected chi connectivity index (χ1v) is 5.81. The van der Waals surface area contributed by atoms with E-state index in [1.807, 2.05) is 6.92 Å². The summed E-state index contributed by atoms with van der Waals surface area (Å²) in [6.45, 7) is 1.84. The number of hydrogen-bond donors (Lipinski definition) is 1. The highest BCUT2D eigenvalue weighted by Crippen LogP contribution is 2.16. The molecule has 1 heterocycles. The minimum Gasteiger partial charge on any atom is -0.310 e. The summed E-state index contributed by atoms with van der Waals surface area (Å²) in [5.74, 6) is -3.55. The van der Waals surface area contributed by atoms with Crippen molar-refractivity contribution in [2.24, 2.45) is 0 Å². The Bertz CT molecular complexity index is 618. The number of aryl methyl sites for hydroxylation is 1. The molecular weight excluding hydrogens is 269 g/mol. The third kappa shape index (κ3) is 3.34. The number of aromatic nitrogens is 1. The van der Waals surface area contributed by atoms with E-state index in [-0.39, 0.29) is 5.82 Å². The topological polar surface area (TPSA) is 42.0 Å². The number of halogens is 3. The maximum Gasteiger partial charge on any atom is 0.230 e. The predicted molar refractivity (Wildman–Crippen MR) is 67.6 cm³/mol. The quantitative estimate of drug-likeness (QED) is 0.939. The normalized spacial score (nSPS) is 10.4. The Morgan fingerprint density at radius 2 is 1.85 bits per heavy atom. The van der Waals surface area contributed by atoms with Crippen LogP contribution in [0.1, 0.15) is 11.1 Å². The van der Waals surface area contributed by atoms with E-state index in [1.165, 1.54) is 0 Å². The van der Waals surface area contributed by atoms with Crippen LogP contribution in [-0.4, -0.2) is 10.9 Å². The van der Waals surface area contributed by atoms with Crippen molar-refractivity contribution in [3.63, 3.8) is 0 Å². The smallest absolute Gasteiger partial charge is 0.230 e. The minimum atomic E-state index is -1.09. The number of nitrogens with zero attached hydrogens (tertiary/aromatic N) is 1. The monoisotopic (exact) mass is 280 g/mol. The molecule has 104 valence electrons. The van der Waals surface area contributed by atoms with E-state index in [4.69, 9.17) is 0 Å². The van der Waals surface area contributed by atoms with Gasteiger partial charge in [0.2, 0.25) is 5.91 Å². The van der Waals surface area contributed by atoms with Gasteiger partial charge in [-0.3, -0.25) is 4.79 Å². The van der Waals surface area contributed by atoms with E-state index < -0.39 is 35.3 Å². The molecule has 0 spiro atoms. The molecule has 0 aliphatic heterocycles. The largest absolute Gasteiger partial charge is 0.310 e. The summed E-state index contributed by atoms with van der Waals surface area (Å²) in [7, 11) is 0. The van der Waals surface area contributed by atoms with Crippen LogP contribution in [0.15, 0.2) is 30.5 Å². The van der Waals surface area contributed by atoms with Crippen molar-refractivity contribution >= 4 is 11.7 Å². The van der Waals surface area contributed by atoms with Crippen LogP contribution in [0.25, 0.3) is 0 Å². The van der Waals surface area contributed by atoms with E-state index in [2.05, 4.69) is 10.3 Å². The molecule has 1 amide bonds. The number of benzene rings is 1. The lowest BCUT2D eigenvalue weighted by molar-refractivity contribution is -0.115. The second-order valence-electron chi connectivity index (χ2n) is 4.29. The van der Waals surface area contributed by atoms with Gasteiger partial charge >= 0.3 is 0 Å². The van der Waals surface area contributed by atoms with E-state index in [9.17, 15) is 18.0 Å². The summed E-state index contributed by atoms with van der Waals surface area (Å²) in [6, 6.07) is 4.39. The fraction of sp³-hybridized carbons (Fsp3) is 0.143. The maximum atomic E-state index is 13.4. The van der Waals surface area contributed by atoms with Gasteiger partial charge in [-0.25, -0.2) is 18.2 Å². The third-order valence-corrected chi connectivity index (χ3v) is 2.62. The number of nitrogens with one attached hydrogen (secondary N) is 1. The number of carbonyl (C=O) groups is 1. The zero-order chi connectivity index (χ0) is 14.7. The van der Waals surface area contributed by atoms with Gasteiger partial charge in [0.1, 0.15) is 23.3 Å². The molecule has 2 aromatic rings. The number of pyridine rings is 1. The number of anilines is 1. The predicted octanol–water partition coefficient (Wildman–Crippen LogP) is 2.99. The lowest BCUT2D eigenvalue weighted by Gasteiger charge is -2.07. The molecule has 0 atom stereocenters. The molecule has 0 fully saturated rings. The van der Waals surface area contributed by atoms with Crippen molar-refractivity contribution in [3.05, 3.63) is 59.0 Å². The zero-order valence-corrected chi connectivity index (χ0v) is 10.6. The number of carbonyl (C=O) groups excluding carboxylic acids is 1. The summed E-state index contributed by atoms with van der Waals surface area (Å²) in [5.41, 5.74) is 0.439. The average Bonchev–Trinajstić information content (AvgIpc) is 2.36. The van der Waals surface area contributed by atoms with E-state index in [0.29, 0.717) is 12.1 Å². The molecule has 3 nitrogen and oxygen atoms in total. The van der Waals surface area contributed by atoms with Gasteiger partial charge in [0.15, 0.2) is 0 Å². The van der Waals surface area contributed by atoms with Crippen LogP contribution in [-0.2, 0) is 11.2 Å². The van der Waals surface area contributed by atoms with Crippen molar-refractivity contribution in [3.8, 4) is 0 Å². The molecule has 0 aliphatic carbocycles. The number of hydrogen-bond acceptors (Lipinski definition) is 2. The Balaban J connectivity index is 2.10. The molecule has 0 bridgehead atoms. The van der Waals surface area contributed by atoms with Crippen LogP contribution in [0, 0.1) is 24.4 Å². The molecule has 1 aromatic heterocycles. The maximum absolute atomic E-state index is 13.4. The molecule has 0 saturated carbocycles. The second kappa shape index (κ2) is 5.73. The van der Waals surface area contributed by atoms with Crippen LogP contribution in [0.2, 0.25) is 0 Å². The number of amides is 1. The van der Waals surface area contributed by atoms with Crippen LogP contribution < -0.4 is 5.32 Å². The van der Waals surface area contributed by atoms with Gasteiger partial charge in [-0.05, 0) is 18.6 Å². The Morgan fingerprint density at radius 3 is 2.40 bits per heavy atom. The Kier molecular flexibility index (Phi) is 4.02. The van der Waals surface area contributed by atoms with Gasteiger partial charge in [-0.2, -0.15) is 0 Å². The highest BCUT2D eigenvalue weighted by molar-refractivity contribution is 5.91. The average molecular weight is 280 g/mol. The molecule has 0 radical (unpaired) electrons. The van der Waals surface area contributed by atoms with Crippen LogP contribution in [0.5, 0.6) is 0 Å². The molecule has 0 saturated heterocycles. The van der Waals surface area contributed by atoms with Gasteiger partial charge in [0.05, 0.1) is 6.42 Å². The number of rotatable bonds is 3. The third-order valence-electron chi connectivity index (χ3n) is 2.62. The second-order valence-corrected chi connectivity index (χ2v) is 4.29. The van der Waals surface area contributed by atoms with Gasteiger partial charge in [-0.15, -0.1) is 0 Å². The lowest BCUT2D eigenvalue weighted by atomic mass is 10.1. The SMILES string of the molecule is Cc1ccc(NC(=O)Cc2c(F)cc(F)cc2F)nc1. The first-order chi connectivity index (χ1) is 9.45. The first-order valence-electron chi connectivity index (χ1n) is 5.81. The van der Waals surface area contributed by atoms with Gasteiger partial charge < -0.3 is 5.32 Å². The standard InChI is InChI=1S/C14H11F3N2O/c1-8-2-3-13(18-7-8)19-14(20)6-10-11(16)4-9(15)5-12(10)17/h2-5,7H,6H2,1H3,(H,18,19,20). The van der Waals surface area contributed by atoms with Crippen molar-refractivity contribution in [1.29, 1.82) is 0 Å². The van der Waals surface area contributed by atoms with Gasteiger partial charge in [-0.1, -0.05) is 6.07 Å². The molecule has 0 aliphatic rings. The van der Waals surface area contributed by atoms with E-state index in [0.717, 1.165) is 5.56 Å². The highest BCUT2D eigenvalue weighted by atomic mass is 19.1. The summed E-state index contributed by atoms with van der Waals surface area (Å²) >= 11 is 0. The van der Waals surface area contributed by atoms with Gasteiger partial charge in [0, 0.05) is 23.9 Å². The minimum absolute atomic E-state index is 0.281. The molecule has 20 heavy (non-hydrogen) atoms. The first kappa shape index (κ1) is 14.0. The lowest BCUT2D eigenvalue weighted by Crippen LogP contribution is -2.17. The fourth-order valence-electron chi connectivity index (χ4n) is 1.63. The summed E-state index contributed by atoms with van der Waals surface area (Å²) in [4.78, 5) is 15.6. The molecule has 1 aromatic carbocycles. The van der Waals surface area contributed by atoms with Crippen molar-refractivity contribution in [2.75, 3.05) is 5.32 Å². The summed E-state index contributed by atoms with van der Waals surface area (Å²) < 4.78 is 39.5. The molecule has 6 heteroatoms. The van der Waals surface area contributed by atoms with Crippen LogP contribution in [0.3, 0.4) is 0 Å². The molecule has 2 rings (SSSR count). The van der Waals surface area contributed by atoms with E-state index >= 15 is 0 Å². The summed E-state index contributed by atoms with van der Waals surface area (Å²) in [5, 5.41) is 2.41. The van der Waals surface area contributed by atoms with Crippen molar-refractivity contribution in [1.82, 2.24) is 4.98 Å². The van der Waals surface area contributed by atoms with Crippen LogP contribution in [0.4, 0.5) is 19.0 Å². The Morgan fingerprint density at radius 1 is 1.20 bits per heavy atom. The van der Waals surface area contributed by atoms with Crippen molar-refractivity contribution in [2.45, 2.75) is 13.3 Å².